The molecule has 1 aromatic carbocycles. The van der Waals surface area contributed by atoms with Crippen molar-refractivity contribution in [3.05, 3.63) is 64.8 Å². The van der Waals surface area contributed by atoms with Crippen LogP contribution in [0.1, 0.15) is 28.8 Å². The minimum absolute atomic E-state index is 0.106. The van der Waals surface area contributed by atoms with Gasteiger partial charge in [0.25, 0.3) is 0 Å². The number of nitrogens with two attached hydrogens (primary N) is 1. The fraction of sp³-hybridized carbons (Fsp3) is 0.292. The number of aromatic nitrogens is 3. The molecule has 4 aromatic rings. The van der Waals surface area contributed by atoms with Gasteiger partial charge in [-0.2, -0.15) is 0 Å². The molecule has 0 bridgehead atoms. The van der Waals surface area contributed by atoms with Crippen LogP contribution < -0.4 is 11.1 Å². The van der Waals surface area contributed by atoms with Gasteiger partial charge in [-0.25, -0.2) is 9.97 Å². The van der Waals surface area contributed by atoms with Gasteiger partial charge in [0.05, 0.1) is 5.39 Å². The van der Waals surface area contributed by atoms with E-state index < -0.39 is 0 Å². The zero-order valence-electron chi connectivity index (χ0n) is 17.2. The van der Waals surface area contributed by atoms with Gasteiger partial charge >= 0.3 is 0 Å². The molecule has 1 aliphatic rings. The lowest BCUT2D eigenvalue weighted by Crippen LogP contribution is -2.31. The van der Waals surface area contributed by atoms with Crippen molar-refractivity contribution >= 4 is 27.4 Å². The number of aryl methyl sites for hydroxylation is 2. The first-order valence-electron chi connectivity index (χ1n) is 10.7. The van der Waals surface area contributed by atoms with Gasteiger partial charge in [-0.3, -0.25) is 4.98 Å². The van der Waals surface area contributed by atoms with Crippen LogP contribution in [0.25, 0.3) is 21.6 Å². The highest BCUT2D eigenvalue weighted by Crippen LogP contribution is 2.39. The maximum atomic E-state index is 9.70. The quantitative estimate of drug-likeness (QED) is 0.421. The number of anilines is 1. The van der Waals surface area contributed by atoms with E-state index >= 15 is 0 Å². The molecule has 6 nitrogen and oxygen atoms in total. The zero-order chi connectivity index (χ0) is 21.2. The molecule has 31 heavy (non-hydrogen) atoms. The normalized spacial score (nSPS) is 14.4. The van der Waals surface area contributed by atoms with E-state index in [9.17, 15) is 5.11 Å². The van der Waals surface area contributed by atoms with E-state index in [1.165, 1.54) is 23.3 Å². The second kappa shape index (κ2) is 8.61. The second-order valence-electron chi connectivity index (χ2n) is 8.04. The third kappa shape index (κ3) is 4.24. The number of hydrogen-bond donors (Lipinski definition) is 3. The van der Waals surface area contributed by atoms with Crippen LogP contribution in [0.5, 0.6) is 5.75 Å². The van der Waals surface area contributed by atoms with Crippen LogP contribution in [0.3, 0.4) is 0 Å². The van der Waals surface area contributed by atoms with E-state index in [1.807, 2.05) is 24.3 Å². The average Bonchev–Trinajstić information content (AvgIpc) is 3.17. The number of rotatable bonds is 6. The molecule has 4 N–H and O–H groups in total. The van der Waals surface area contributed by atoms with Crippen molar-refractivity contribution in [3.8, 4) is 17.1 Å². The number of benzene rings is 1. The molecule has 0 saturated heterocycles. The number of pyridine rings is 1. The van der Waals surface area contributed by atoms with E-state index in [0.717, 1.165) is 40.0 Å². The Kier molecular flexibility index (Phi) is 5.53. The summed E-state index contributed by atoms with van der Waals surface area (Å²) in [7, 11) is 0. The van der Waals surface area contributed by atoms with Crippen molar-refractivity contribution in [2.24, 2.45) is 5.73 Å². The monoisotopic (exact) mass is 431 g/mol. The number of nitrogens with zero attached hydrogens (tertiary/aromatic N) is 3. The van der Waals surface area contributed by atoms with Crippen LogP contribution in [0.2, 0.25) is 0 Å². The Morgan fingerprint density at radius 2 is 1.94 bits per heavy atom. The first kappa shape index (κ1) is 19.9. The van der Waals surface area contributed by atoms with Crippen LogP contribution in [-0.4, -0.2) is 32.6 Å². The van der Waals surface area contributed by atoms with Crippen molar-refractivity contribution in [2.75, 3.05) is 11.9 Å². The minimum atomic E-state index is -0.106. The number of phenols is 1. The summed E-state index contributed by atoms with van der Waals surface area (Å²) in [6.07, 6.45) is 8.86. The molecule has 5 rings (SSSR count). The molecule has 1 atom stereocenters. The Balaban J connectivity index is 1.46. The lowest BCUT2D eigenvalue weighted by atomic mass is 9.97. The van der Waals surface area contributed by atoms with E-state index in [2.05, 4.69) is 10.3 Å². The lowest BCUT2D eigenvalue weighted by molar-refractivity contribution is 0.474. The molecule has 0 fully saturated rings. The highest BCUT2D eigenvalue weighted by Gasteiger charge is 2.22. The molecule has 7 heteroatoms. The van der Waals surface area contributed by atoms with Crippen molar-refractivity contribution in [1.82, 2.24) is 15.0 Å². The summed E-state index contributed by atoms with van der Waals surface area (Å²) in [5.41, 5.74) is 9.79. The predicted octanol–water partition coefficient (Wildman–Crippen LogP) is 4.32. The molecule has 0 aliphatic heterocycles. The number of fused-ring (bicyclic) bond motifs is 3. The minimum Gasteiger partial charge on any atom is -0.508 e. The standard InChI is InChI=1S/C24H25N5OS/c25-17(12-15-4-3-5-18(30)13-15)14-27-23-21-19-6-1-2-7-20(19)31-24(21)29-22(28-23)16-8-10-26-11-9-16/h3-5,8-11,13,17,30H,1-2,6-7,12,14,25H2,(H,27,28,29). The number of aromatic hydroxyl groups is 1. The summed E-state index contributed by atoms with van der Waals surface area (Å²) in [6.45, 7) is 0.585. The van der Waals surface area contributed by atoms with Crippen LogP contribution >= 0.6 is 11.3 Å². The Morgan fingerprint density at radius 1 is 1.10 bits per heavy atom. The summed E-state index contributed by atoms with van der Waals surface area (Å²) in [6, 6.07) is 11.0. The van der Waals surface area contributed by atoms with E-state index in [1.54, 1.807) is 35.9 Å². The molecule has 0 radical (unpaired) electrons. The predicted molar refractivity (Wildman–Crippen MR) is 126 cm³/mol. The molecule has 0 spiro atoms. The molecule has 1 unspecified atom stereocenters. The zero-order valence-corrected chi connectivity index (χ0v) is 18.0. The highest BCUT2D eigenvalue weighted by atomic mass is 32.1. The van der Waals surface area contributed by atoms with Crippen LogP contribution in [-0.2, 0) is 19.3 Å². The molecule has 158 valence electrons. The van der Waals surface area contributed by atoms with Crippen molar-refractivity contribution < 1.29 is 5.11 Å². The summed E-state index contributed by atoms with van der Waals surface area (Å²) in [5.74, 6) is 1.84. The Labute approximate surface area is 185 Å². The molecule has 3 heterocycles. The van der Waals surface area contributed by atoms with E-state index in [4.69, 9.17) is 15.7 Å². The fourth-order valence-electron chi connectivity index (χ4n) is 4.20. The van der Waals surface area contributed by atoms with Gasteiger partial charge in [-0.05, 0) is 67.5 Å². The number of phenolic OH excluding ortho intramolecular Hbond substituents is 1. The molecule has 0 saturated carbocycles. The largest absolute Gasteiger partial charge is 0.508 e. The van der Waals surface area contributed by atoms with Crippen molar-refractivity contribution in [1.29, 1.82) is 0 Å². The third-order valence-electron chi connectivity index (χ3n) is 5.69. The first-order valence-corrected chi connectivity index (χ1v) is 11.5. The fourth-order valence-corrected chi connectivity index (χ4v) is 5.46. The van der Waals surface area contributed by atoms with Crippen molar-refractivity contribution in [3.63, 3.8) is 0 Å². The third-order valence-corrected chi connectivity index (χ3v) is 6.88. The summed E-state index contributed by atoms with van der Waals surface area (Å²) in [4.78, 5) is 16.4. The van der Waals surface area contributed by atoms with Gasteiger partial charge in [0.2, 0.25) is 0 Å². The summed E-state index contributed by atoms with van der Waals surface area (Å²) in [5, 5.41) is 14.4. The molecular weight excluding hydrogens is 406 g/mol. The maximum absolute atomic E-state index is 9.70. The van der Waals surface area contributed by atoms with Crippen LogP contribution in [0.15, 0.2) is 48.8 Å². The lowest BCUT2D eigenvalue weighted by Gasteiger charge is -2.16. The Morgan fingerprint density at radius 3 is 2.77 bits per heavy atom. The van der Waals surface area contributed by atoms with Crippen molar-refractivity contribution in [2.45, 2.75) is 38.1 Å². The van der Waals surface area contributed by atoms with E-state index in [-0.39, 0.29) is 11.8 Å². The van der Waals surface area contributed by atoms with Gasteiger partial charge in [0.15, 0.2) is 5.82 Å². The van der Waals surface area contributed by atoms with Gasteiger partial charge in [0.1, 0.15) is 16.4 Å². The molecule has 0 amide bonds. The Hall–Kier alpha value is -3.03. The summed E-state index contributed by atoms with van der Waals surface area (Å²) >= 11 is 1.80. The summed E-state index contributed by atoms with van der Waals surface area (Å²) < 4.78 is 0. The number of hydrogen-bond acceptors (Lipinski definition) is 7. The van der Waals surface area contributed by atoms with Crippen LogP contribution in [0, 0.1) is 0 Å². The average molecular weight is 432 g/mol. The molecule has 1 aliphatic carbocycles. The molecular formula is C24H25N5OS. The van der Waals surface area contributed by atoms with Gasteiger partial charge in [0, 0.05) is 35.4 Å². The smallest absolute Gasteiger partial charge is 0.163 e. The van der Waals surface area contributed by atoms with Gasteiger partial charge in [-0.1, -0.05) is 12.1 Å². The topological polar surface area (TPSA) is 97.0 Å². The maximum Gasteiger partial charge on any atom is 0.163 e. The Bertz CT molecular complexity index is 1210. The number of thiophene rings is 1. The molecule has 3 aromatic heterocycles. The number of nitrogens with one attached hydrogen (secondary N) is 1. The second-order valence-corrected chi connectivity index (χ2v) is 9.12. The first-order chi connectivity index (χ1) is 15.2. The highest BCUT2D eigenvalue weighted by molar-refractivity contribution is 7.19. The van der Waals surface area contributed by atoms with E-state index in [0.29, 0.717) is 18.8 Å². The van der Waals surface area contributed by atoms with Crippen LogP contribution in [0.4, 0.5) is 5.82 Å². The van der Waals surface area contributed by atoms with Gasteiger partial charge < -0.3 is 16.2 Å². The SMILES string of the molecule is NC(CNc1nc(-c2ccncc2)nc2sc3c(c12)CCCC3)Cc1cccc(O)c1. The van der Waals surface area contributed by atoms with Gasteiger partial charge in [-0.15, -0.1) is 11.3 Å².